The van der Waals surface area contributed by atoms with Crippen LogP contribution in [0.1, 0.15) is 38.2 Å². The number of rotatable bonds is 6. The largest absolute Gasteiger partial charge is 0.392 e. The predicted octanol–water partition coefficient (Wildman–Crippen LogP) is 3.29. The van der Waals surface area contributed by atoms with Crippen molar-refractivity contribution in [3.8, 4) is 0 Å². The van der Waals surface area contributed by atoms with Gasteiger partial charge in [0.05, 0.1) is 6.10 Å². The summed E-state index contributed by atoms with van der Waals surface area (Å²) in [7, 11) is 0. The number of aliphatic hydroxyl groups excluding tert-OH is 1. The van der Waals surface area contributed by atoms with E-state index in [4.69, 9.17) is 5.73 Å². The molecule has 1 rings (SSSR count). The summed E-state index contributed by atoms with van der Waals surface area (Å²) in [6, 6.07) is 7.98. The minimum atomic E-state index is -0.367. The summed E-state index contributed by atoms with van der Waals surface area (Å²) in [4.78, 5) is 0. The summed E-state index contributed by atoms with van der Waals surface area (Å²) in [5.74, 6) is 0.543. The van der Waals surface area contributed by atoms with E-state index in [1.807, 2.05) is 24.3 Å². The first-order chi connectivity index (χ1) is 8.10. The zero-order valence-electron chi connectivity index (χ0n) is 10.6. The molecule has 0 radical (unpaired) electrons. The number of hydrogen-bond donors (Lipinski definition) is 2. The van der Waals surface area contributed by atoms with Gasteiger partial charge >= 0.3 is 0 Å². The van der Waals surface area contributed by atoms with Gasteiger partial charge in [0.1, 0.15) is 0 Å². The normalized spacial score (nSPS) is 16.5. The van der Waals surface area contributed by atoms with Gasteiger partial charge < -0.3 is 10.8 Å². The van der Waals surface area contributed by atoms with E-state index in [0.29, 0.717) is 12.5 Å². The van der Waals surface area contributed by atoms with Gasteiger partial charge in [-0.3, -0.25) is 0 Å². The molecule has 0 aliphatic carbocycles. The Kier molecular flexibility index (Phi) is 6.17. The van der Waals surface area contributed by atoms with E-state index in [1.165, 1.54) is 0 Å². The van der Waals surface area contributed by atoms with Crippen LogP contribution in [-0.2, 0) is 0 Å². The van der Waals surface area contributed by atoms with Gasteiger partial charge in [0, 0.05) is 16.9 Å². The van der Waals surface area contributed by atoms with Gasteiger partial charge in [-0.2, -0.15) is 0 Å². The van der Waals surface area contributed by atoms with Crippen molar-refractivity contribution in [3.05, 3.63) is 34.3 Å². The van der Waals surface area contributed by atoms with Gasteiger partial charge in [-0.05, 0) is 24.0 Å². The molecule has 0 saturated carbocycles. The summed E-state index contributed by atoms with van der Waals surface area (Å²) in [5, 5.41) is 10.3. The maximum Gasteiger partial charge on any atom is 0.0623 e. The Balaban J connectivity index is 2.81. The SMILES string of the molecule is CCC(C)CC(O)C(CN)c1ccccc1Br. The monoisotopic (exact) mass is 299 g/mol. The molecule has 3 atom stereocenters. The Morgan fingerprint density at radius 1 is 1.35 bits per heavy atom. The van der Waals surface area contributed by atoms with Crippen LogP contribution in [0.3, 0.4) is 0 Å². The minimum Gasteiger partial charge on any atom is -0.392 e. The Labute approximate surface area is 112 Å². The molecule has 3 heteroatoms. The minimum absolute atomic E-state index is 0.0135. The molecule has 0 amide bonds. The molecule has 0 aliphatic heterocycles. The second kappa shape index (κ2) is 7.14. The first-order valence-corrected chi connectivity index (χ1v) is 7.02. The Bertz CT molecular complexity index is 343. The highest BCUT2D eigenvalue weighted by Crippen LogP contribution is 2.29. The van der Waals surface area contributed by atoms with Crippen molar-refractivity contribution < 1.29 is 5.11 Å². The number of halogens is 1. The molecule has 0 saturated heterocycles. The lowest BCUT2D eigenvalue weighted by Gasteiger charge is -2.25. The quantitative estimate of drug-likeness (QED) is 0.847. The third-order valence-corrected chi connectivity index (χ3v) is 4.09. The molecular weight excluding hydrogens is 278 g/mol. The molecular formula is C14H22BrNO. The summed E-state index contributed by atoms with van der Waals surface area (Å²) in [6.07, 6.45) is 1.53. The lowest BCUT2D eigenvalue weighted by Crippen LogP contribution is -2.27. The molecule has 3 unspecified atom stereocenters. The molecule has 0 spiro atoms. The number of benzene rings is 1. The van der Waals surface area contributed by atoms with Crippen LogP contribution in [0.5, 0.6) is 0 Å². The first kappa shape index (κ1) is 14.7. The van der Waals surface area contributed by atoms with E-state index < -0.39 is 0 Å². The highest BCUT2D eigenvalue weighted by molar-refractivity contribution is 9.10. The van der Waals surface area contributed by atoms with Crippen molar-refractivity contribution in [2.75, 3.05) is 6.54 Å². The average Bonchev–Trinajstić information content (AvgIpc) is 2.32. The molecule has 2 nitrogen and oxygen atoms in total. The van der Waals surface area contributed by atoms with E-state index in [0.717, 1.165) is 22.9 Å². The van der Waals surface area contributed by atoms with Crippen molar-refractivity contribution in [1.29, 1.82) is 0 Å². The van der Waals surface area contributed by atoms with Crippen LogP contribution in [0.15, 0.2) is 28.7 Å². The Morgan fingerprint density at radius 3 is 2.53 bits per heavy atom. The fraction of sp³-hybridized carbons (Fsp3) is 0.571. The van der Waals surface area contributed by atoms with Crippen LogP contribution in [0, 0.1) is 5.92 Å². The van der Waals surface area contributed by atoms with Gasteiger partial charge in [-0.1, -0.05) is 54.4 Å². The summed E-state index contributed by atoms with van der Waals surface area (Å²) >= 11 is 3.52. The molecule has 1 aromatic rings. The highest BCUT2D eigenvalue weighted by Gasteiger charge is 2.22. The van der Waals surface area contributed by atoms with Gasteiger partial charge in [0.15, 0.2) is 0 Å². The smallest absolute Gasteiger partial charge is 0.0623 e. The van der Waals surface area contributed by atoms with Crippen molar-refractivity contribution in [2.45, 2.75) is 38.7 Å². The van der Waals surface area contributed by atoms with E-state index in [2.05, 4.69) is 29.8 Å². The van der Waals surface area contributed by atoms with E-state index in [9.17, 15) is 5.11 Å². The predicted molar refractivity (Wildman–Crippen MR) is 76.0 cm³/mol. The zero-order valence-corrected chi connectivity index (χ0v) is 12.2. The molecule has 3 N–H and O–H groups in total. The van der Waals surface area contributed by atoms with Crippen LogP contribution in [0.2, 0.25) is 0 Å². The topological polar surface area (TPSA) is 46.2 Å². The fourth-order valence-corrected chi connectivity index (χ4v) is 2.59. The number of hydrogen-bond acceptors (Lipinski definition) is 2. The van der Waals surface area contributed by atoms with Crippen LogP contribution < -0.4 is 5.73 Å². The maximum atomic E-state index is 10.3. The molecule has 0 heterocycles. The molecule has 0 fully saturated rings. The van der Waals surface area contributed by atoms with Gasteiger partial charge in [0.2, 0.25) is 0 Å². The van der Waals surface area contributed by atoms with Crippen LogP contribution in [-0.4, -0.2) is 17.8 Å². The lowest BCUT2D eigenvalue weighted by atomic mass is 9.87. The number of aliphatic hydroxyl groups is 1. The van der Waals surface area contributed by atoms with Crippen LogP contribution in [0.25, 0.3) is 0 Å². The molecule has 0 aromatic heterocycles. The first-order valence-electron chi connectivity index (χ1n) is 6.22. The van der Waals surface area contributed by atoms with Crippen LogP contribution in [0.4, 0.5) is 0 Å². The Hall–Kier alpha value is -0.380. The van der Waals surface area contributed by atoms with Gasteiger partial charge in [0.25, 0.3) is 0 Å². The third kappa shape index (κ3) is 4.09. The van der Waals surface area contributed by atoms with Crippen molar-refractivity contribution >= 4 is 15.9 Å². The number of nitrogens with two attached hydrogens (primary N) is 1. The standard InChI is InChI=1S/C14H22BrNO/c1-3-10(2)8-14(17)12(9-16)11-6-4-5-7-13(11)15/h4-7,10,12,14,17H,3,8-9,16H2,1-2H3. The molecule has 96 valence electrons. The second-order valence-electron chi connectivity index (χ2n) is 4.68. The molecule has 0 aliphatic rings. The van der Waals surface area contributed by atoms with Crippen molar-refractivity contribution in [3.63, 3.8) is 0 Å². The summed E-state index contributed by atoms with van der Waals surface area (Å²) in [5.41, 5.74) is 6.91. The second-order valence-corrected chi connectivity index (χ2v) is 5.53. The molecule has 17 heavy (non-hydrogen) atoms. The average molecular weight is 300 g/mol. The highest BCUT2D eigenvalue weighted by atomic mass is 79.9. The summed E-state index contributed by atoms with van der Waals surface area (Å²) < 4.78 is 1.03. The third-order valence-electron chi connectivity index (χ3n) is 3.36. The van der Waals surface area contributed by atoms with E-state index >= 15 is 0 Å². The van der Waals surface area contributed by atoms with Crippen LogP contribution >= 0.6 is 15.9 Å². The maximum absolute atomic E-state index is 10.3. The van der Waals surface area contributed by atoms with Gasteiger partial charge in [-0.25, -0.2) is 0 Å². The Morgan fingerprint density at radius 2 is 2.00 bits per heavy atom. The van der Waals surface area contributed by atoms with E-state index in [-0.39, 0.29) is 12.0 Å². The zero-order chi connectivity index (χ0) is 12.8. The summed E-state index contributed by atoms with van der Waals surface area (Å²) in [6.45, 7) is 4.78. The lowest BCUT2D eigenvalue weighted by molar-refractivity contribution is 0.117. The van der Waals surface area contributed by atoms with Crippen molar-refractivity contribution in [1.82, 2.24) is 0 Å². The fourth-order valence-electron chi connectivity index (χ4n) is 2.01. The van der Waals surface area contributed by atoms with Crippen molar-refractivity contribution in [2.24, 2.45) is 11.7 Å². The van der Waals surface area contributed by atoms with E-state index in [1.54, 1.807) is 0 Å². The molecule has 0 bridgehead atoms. The molecule has 1 aromatic carbocycles. The van der Waals surface area contributed by atoms with Gasteiger partial charge in [-0.15, -0.1) is 0 Å².